The van der Waals surface area contributed by atoms with Crippen molar-refractivity contribution in [2.75, 3.05) is 5.32 Å². The van der Waals surface area contributed by atoms with Crippen molar-refractivity contribution in [1.82, 2.24) is 5.32 Å². The Bertz CT molecular complexity index is 485. The first kappa shape index (κ1) is 16.5. The van der Waals surface area contributed by atoms with E-state index >= 15 is 0 Å². The third-order valence-corrected chi connectivity index (χ3v) is 3.52. The third kappa shape index (κ3) is 4.85. The van der Waals surface area contributed by atoms with Crippen LogP contribution >= 0.6 is 15.9 Å². The van der Waals surface area contributed by atoms with E-state index in [1.807, 2.05) is 26.0 Å². The van der Waals surface area contributed by atoms with Gasteiger partial charge < -0.3 is 15.7 Å². The Morgan fingerprint density at radius 2 is 2.00 bits per heavy atom. The first-order valence-electron chi connectivity index (χ1n) is 6.41. The number of aliphatic carboxylic acids is 1. The summed E-state index contributed by atoms with van der Waals surface area (Å²) in [6.07, 6.45) is 0.674. The van der Waals surface area contributed by atoms with Gasteiger partial charge in [-0.15, -0.1) is 0 Å². The van der Waals surface area contributed by atoms with Crippen LogP contribution in [0.25, 0.3) is 0 Å². The minimum Gasteiger partial charge on any atom is -0.480 e. The molecule has 0 radical (unpaired) electrons. The molecule has 0 spiro atoms. The molecule has 0 aliphatic heterocycles. The summed E-state index contributed by atoms with van der Waals surface area (Å²) in [6, 6.07) is 4.07. The molecule has 0 saturated heterocycles. The molecule has 0 unspecified atom stereocenters. The lowest BCUT2D eigenvalue weighted by molar-refractivity contribution is -0.140. The second-order valence-electron chi connectivity index (χ2n) is 4.82. The first-order valence-corrected chi connectivity index (χ1v) is 7.20. The summed E-state index contributed by atoms with van der Waals surface area (Å²) in [5, 5.41) is 14.3. The normalized spacial score (nSPS) is 13.4. The number of carboxylic acid groups (broad SMARTS) is 1. The van der Waals surface area contributed by atoms with E-state index in [1.54, 1.807) is 13.0 Å². The van der Waals surface area contributed by atoms with Crippen molar-refractivity contribution in [3.63, 3.8) is 0 Å². The fourth-order valence-electron chi connectivity index (χ4n) is 1.80. The van der Waals surface area contributed by atoms with Crippen LogP contribution in [0.4, 0.5) is 10.5 Å². The molecule has 0 aromatic heterocycles. The number of nitrogens with one attached hydrogen (secondary N) is 2. The van der Waals surface area contributed by atoms with Gasteiger partial charge in [0.25, 0.3) is 0 Å². The quantitative estimate of drug-likeness (QED) is 0.767. The molecule has 110 valence electrons. The molecule has 0 bridgehead atoms. The summed E-state index contributed by atoms with van der Waals surface area (Å²) in [4.78, 5) is 23.0. The number of urea groups is 1. The summed E-state index contributed by atoms with van der Waals surface area (Å²) < 4.78 is 0.851. The van der Waals surface area contributed by atoms with E-state index in [2.05, 4.69) is 26.6 Å². The molecule has 0 saturated carbocycles. The second kappa shape index (κ2) is 7.28. The van der Waals surface area contributed by atoms with Crippen molar-refractivity contribution < 1.29 is 14.7 Å². The minimum absolute atomic E-state index is 0.137. The molecule has 2 atom stereocenters. The van der Waals surface area contributed by atoms with Gasteiger partial charge in [0.2, 0.25) is 0 Å². The smallest absolute Gasteiger partial charge is 0.326 e. The average Bonchev–Trinajstić information content (AvgIpc) is 2.33. The van der Waals surface area contributed by atoms with Crippen LogP contribution in [-0.4, -0.2) is 23.1 Å². The summed E-state index contributed by atoms with van der Waals surface area (Å²) in [5.41, 5.74) is 1.61. The van der Waals surface area contributed by atoms with Crippen LogP contribution in [0.15, 0.2) is 22.7 Å². The van der Waals surface area contributed by atoms with Crippen molar-refractivity contribution >= 4 is 33.6 Å². The highest BCUT2D eigenvalue weighted by atomic mass is 79.9. The summed E-state index contributed by atoms with van der Waals surface area (Å²) in [7, 11) is 0. The molecule has 2 amide bonds. The Morgan fingerprint density at radius 1 is 1.35 bits per heavy atom. The van der Waals surface area contributed by atoms with Crippen molar-refractivity contribution in [3.05, 3.63) is 28.2 Å². The lowest BCUT2D eigenvalue weighted by atomic mass is 9.99. The van der Waals surface area contributed by atoms with Gasteiger partial charge in [-0.05, 0) is 36.6 Å². The summed E-state index contributed by atoms with van der Waals surface area (Å²) >= 11 is 3.35. The second-order valence-corrected chi connectivity index (χ2v) is 5.73. The van der Waals surface area contributed by atoms with Crippen LogP contribution in [0.5, 0.6) is 0 Å². The number of benzene rings is 1. The lowest BCUT2D eigenvalue weighted by Crippen LogP contribution is -2.46. The number of rotatable bonds is 5. The number of halogens is 1. The number of carboxylic acids is 1. The number of carbonyl (C=O) groups is 2. The average molecular weight is 343 g/mol. The molecule has 0 aliphatic carbocycles. The van der Waals surface area contributed by atoms with E-state index in [1.165, 1.54) is 0 Å². The maximum absolute atomic E-state index is 11.9. The fourth-order valence-corrected chi connectivity index (χ4v) is 2.41. The monoisotopic (exact) mass is 342 g/mol. The molecule has 6 heteroatoms. The number of aryl methyl sites for hydroxylation is 1. The highest BCUT2D eigenvalue weighted by Crippen LogP contribution is 2.19. The van der Waals surface area contributed by atoms with E-state index in [4.69, 9.17) is 5.11 Å². The number of carbonyl (C=O) groups excluding carboxylic acids is 1. The lowest BCUT2D eigenvalue weighted by Gasteiger charge is -2.20. The molecular weight excluding hydrogens is 324 g/mol. The van der Waals surface area contributed by atoms with Crippen LogP contribution in [0, 0.1) is 12.8 Å². The van der Waals surface area contributed by atoms with E-state index in [-0.39, 0.29) is 5.92 Å². The Kier molecular flexibility index (Phi) is 6.01. The van der Waals surface area contributed by atoms with Crippen molar-refractivity contribution in [2.45, 2.75) is 33.2 Å². The number of hydrogen-bond donors (Lipinski definition) is 3. The topological polar surface area (TPSA) is 78.4 Å². The standard InChI is InChI=1S/C14H19BrN2O3/c1-4-9(3)12(13(18)19)17-14(20)16-11-6-8(2)5-10(15)7-11/h5-7,9,12H,4H2,1-3H3,(H,18,19)(H2,16,17,20)/t9-,12-/m0/s1. The highest BCUT2D eigenvalue weighted by molar-refractivity contribution is 9.10. The van der Waals surface area contributed by atoms with Gasteiger partial charge in [-0.1, -0.05) is 36.2 Å². The zero-order valence-corrected chi connectivity index (χ0v) is 13.3. The number of anilines is 1. The first-order chi connectivity index (χ1) is 9.33. The largest absolute Gasteiger partial charge is 0.480 e. The van der Waals surface area contributed by atoms with E-state index in [0.29, 0.717) is 12.1 Å². The van der Waals surface area contributed by atoms with Gasteiger partial charge in [-0.25, -0.2) is 9.59 Å². The molecule has 1 rings (SSSR count). The van der Waals surface area contributed by atoms with E-state index < -0.39 is 18.0 Å². The van der Waals surface area contributed by atoms with Gasteiger partial charge in [-0.2, -0.15) is 0 Å². The zero-order chi connectivity index (χ0) is 15.3. The molecule has 0 aliphatic rings. The summed E-state index contributed by atoms with van der Waals surface area (Å²) in [5.74, 6) is -1.16. The van der Waals surface area contributed by atoms with Crippen molar-refractivity contribution in [3.8, 4) is 0 Å². The number of amides is 2. The third-order valence-electron chi connectivity index (χ3n) is 3.07. The molecule has 0 fully saturated rings. The maximum Gasteiger partial charge on any atom is 0.326 e. The Balaban J connectivity index is 2.73. The molecule has 0 heterocycles. The molecule has 20 heavy (non-hydrogen) atoms. The molecule has 5 nitrogen and oxygen atoms in total. The summed E-state index contributed by atoms with van der Waals surface area (Å²) in [6.45, 7) is 5.59. The van der Waals surface area contributed by atoms with Gasteiger partial charge >= 0.3 is 12.0 Å². The highest BCUT2D eigenvalue weighted by Gasteiger charge is 2.25. The van der Waals surface area contributed by atoms with Crippen LogP contribution in [0.1, 0.15) is 25.8 Å². The SMILES string of the molecule is CC[C@H](C)[C@H](NC(=O)Nc1cc(C)cc(Br)c1)C(=O)O. The van der Waals surface area contributed by atoms with Gasteiger partial charge in [0.05, 0.1) is 0 Å². The zero-order valence-electron chi connectivity index (χ0n) is 11.7. The Labute approximate surface area is 126 Å². The van der Waals surface area contributed by atoms with E-state index in [0.717, 1.165) is 10.0 Å². The molecule has 1 aromatic rings. The van der Waals surface area contributed by atoms with Crippen molar-refractivity contribution in [2.24, 2.45) is 5.92 Å². The van der Waals surface area contributed by atoms with Gasteiger partial charge in [0, 0.05) is 10.2 Å². The van der Waals surface area contributed by atoms with Crippen molar-refractivity contribution in [1.29, 1.82) is 0 Å². The van der Waals surface area contributed by atoms with Crippen LogP contribution in [0.2, 0.25) is 0 Å². The minimum atomic E-state index is -1.03. The molecule has 3 N–H and O–H groups in total. The van der Waals surface area contributed by atoms with Gasteiger partial charge in [0.1, 0.15) is 6.04 Å². The van der Waals surface area contributed by atoms with E-state index in [9.17, 15) is 9.59 Å². The predicted molar refractivity (Wildman–Crippen MR) is 81.9 cm³/mol. The predicted octanol–water partition coefficient (Wildman–Crippen LogP) is 3.38. The Morgan fingerprint density at radius 3 is 2.50 bits per heavy atom. The molecular formula is C14H19BrN2O3. The molecule has 1 aromatic carbocycles. The van der Waals surface area contributed by atoms with Crippen LogP contribution in [0.3, 0.4) is 0 Å². The van der Waals surface area contributed by atoms with Crippen LogP contribution in [-0.2, 0) is 4.79 Å². The fraction of sp³-hybridized carbons (Fsp3) is 0.429. The van der Waals surface area contributed by atoms with Crippen LogP contribution < -0.4 is 10.6 Å². The van der Waals surface area contributed by atoms with Gasteiger partial charge in [0.15, 0.2) is 0 Å². The Hall–Kier alpha value is -1.56. The number of hydrogen-bond acceptors (Lipinski definition) is 2. The van der Waals surface area contributed by atoms with Gasteiger partial charge in [-0.3, -0.25) is 0 Å². The maximum atomic E-state index is 11.9.